The average Bonchev–Trinajstić information content (AvgIpc) is 3.87. The molecule has 4 nitrogen and oxygen atoms in total. The Hall–Kier alpha value is -6.85. The zero-order chi connectivity index (χ0) is 34.2. The van der Waals surface area contributed by atoms with Crippen molar-refractivity contribution in [2.24, 2.45) is 0 Å². The van der Waals surface area contributed by atoms with Gasteiger partial charge in [0.25, 0.3) is 0 Å². The normalized spacial score (nSPS) is 11.8. The molecule has 0 saturated heterocycles. The van der Waals surface area contributed by atoms with Gasteiger partial charge in [-0.3, -0.25) is 4.98 Å². The highest BCUT2D eigenvalue weighted by Crippen LogP contribution is 2.41. The van der Waals surface area contributed by atoms with E-state index >= 15 is 0 Å². The third-order valence-electron chi connectivity index (χ3n) is 10.7. The van der Waals surface area contributed by atoms with Gasteiger partial charge in [-0.05, 0) is 48.5 Å². The fourth-order valence-electron chi connectivity index (χ4n) is 8.51. The minimum absolute atomic E-state index is 0.0793. The summed E-state index contributed by atoms with van der Waals surface area (Å²) in [5.41, 5.74) is 12.9. The monoisotopic (exact) mass is 663 g/mol. The molecule has 0 atom stereocenters. The fraction of sp³-hybridized carbons (Fsp3) is 0. The number of benzene rings is 7. The van der Waals surface area contributed by atoms with E-state index in [0.29, 0.717) is 0 Å². The van der Waals surface area contributed by atoms with Crippen molar-refractivity contribution in [2.45, 2.75) is 0 Å². The molecule has 0 fully saturated rings. The van der Waals surface area contributed by atoms with Crippen LogP contribution in [0.4, 0.5) is 0 Å². The van der Waals surface area contributed by atoms with Crippen LogP contribution in [0.1, 0.15) is 0 Å². The molecule has 0 unspecified atom stereocenters. The minimum atomic E-state index is 0.0793. The maximum atomic E-state index is 6.66. The van der Waals surface area contributed by atoms with E-state index in [1.807, 2.05) is 18.3 Å². The number of hydrogen-bond donors (Lipinski definition) is 0. The fourth-order valence-corrected chi connectivity index (χ4v) is 8.51. The van der Waals surface area contributed by atoms with Crippen LogP contribution in [0.3, 0.4) is 0 Å². The van der Waals surface area contributed by atoms with Gasteiger partial charge in [0.1, 0.15) is 5.52 Å². The molecule has 0 radical (unpaired) electrons. The molecule has 0 spiro atoms. The van der Waals surface area contributed by atoms with Crippen molar-refractivity contribution in [3.05, 3.63) is 182 Å². The topological polar surface area (TPSA) is 35.9 Å². The van der Waals surface area contributed by atoms with Gasteiger partial charge in [0, 0.05) is 33.1 Å². The molecule has 4 heterocycles. The smallest absolute Gasteiger partial charge is 0.241 e. The number of fused-ring (bicyclic) bond motifs is 9. The van der Waals surface area contributed by atoms with Gasteiger partial charge >= 0.3 is 0 Å². The zero-order valence-electron chi connectivity index (χ0n) is 28.1. The summed E-state index contributed by atoms with van der Waals surface area (Å²) >= 11 is 0. The lowest BCUT2D eigenvalue weighted by Gasteiger charge is -2.16. The minimum Gasteiger partial charge on any atom is -0.452 e. The molecule has 4 aromatic heterocycles. The molecular weight excluding hydrogens is 633 g/mol. The third kappa shape index (κ3) is 4.20. The molecule has 0 N–H and O–H groups in total. The number of furan rings is 1. The third-order valence-corrected chi connectivity index (χ3v) is 10.7. The Morgan fingerprint density at radius 2 is 1.02 bits per heavy atom. The highest BCUT2D eigenvalue weighted by molar-refractivity contribution is 6.95. The van der Waals surface area contributed by atoms with Crippen molar-refractivity contribution in [2.75, 3.05) is 0 Å². The van der Waals surface area contributed by atoms with Crippen LogP contribution >= 0.6 is 0 Å². The van der Waals surface area contributed by atoms with Crippen molar-refractivity contribution >= 4 is 88.8 Å². The Balaban J connectivity index is 1.28. The molecule has 0 aliphatic heterocycles. The maximum absolute atomic E-state index is 6.66. The van der Waals surface area contributed by atoms with E-state index in [0.717, 1.165) is 44.5 Å². The maximum Gasteiger partial charge on any atom is 0.241 e. The van der Waals surface area contributed by atoms with Gasteiger partial charge < -0.3 is 13.6 Å². The molecule has 0 aliphatic carbocycles. The van der Waals surface area contributed by atoms with Crippen molar-refractivity contribution < 1.29 is 4.42 Å². The first-order chi connectivity index (χ1) is 25.8. The number of aromatic nitrogens is 3. The second kappa shape index (κ2) is 11.3. The number of nitrogens with zero attached hydrogens (tertiary/aromatic N) is 3. The number of rotatable bonds is 5. The summed E-state index contributed by atoms with van der Waals surface area (Å²) in [5, 5.41) is 5.85. The van der Waals surface area contributed by atoms with Crippen LogP contribution in [-0.4, -0.2) is 20.8 Å². The van der Waals surface area contributed by atoms with Crippen molar-refractivity contribution in [1.82, 2.24) is 14.1 Å². The van der Waals surface area contributed by atoms with Gasteiger partial charge in [0.2, 0.25) is 6.71 Å². The molecule has 0 amide bonds. The van der Waals surface area contributed by atoms with E-state index in [2.05, 4.69) is 173 Å². The quantitative estimate of drug-likeness (QED) is 0.172. The summed E-state index contributed by atoms with van der Waals surface area (Å²) in [4.78, 5) is 4.72. The van der Waals surface area contributed by atoms with Crippen LogP contribution in [0.25, 0.3) is 77.1 Å². The SMILES string of the molecule is c1ccc(B(c2ccccc2)c2ccc3c(c2)c2cccc(-n4c5ccccc5c5ccccc54)c2n3-c2cccc3c2oc2cccnc23)cc1. The molecule has 7 aromatic carbocycles. The summed E-state index contributed by atoms with van der Waals surface area (Å²) in [6, 6.07) is 63.2. The summed E-state index contributed by atoms with van der Waals surface area (Å²) in [6.07, 6.45) is 1.84. The second-order valence-electron chi connectivity index (χ2n) is 13.5. The molecule has 0 bridgehead atoms. The molecule has 11 aromatic rings. The van der Waals surface area contributed by atoms with Gasteiger partial charge in [-0.1, -0.05) is 144 Å². The lowest BCUT2D eigenvalue weighted by atomic mass is 9.37. The molecule has 0 aliphatic rings. The lowest BCUT2D eigenvalue weighted by Crippen LogP contribution is -2.51. The highest BCUT2D eigenvalue weighted by atomic mass is 16.3. The first-order valence-electron chi connectivity index (χ1n) is 17.8. The van der Waals surface area contributed by atoms with E-state index in [-0.39, 0.29) is 6.71 Å². The molecule has 242 valence electrons. The Kier molecular flexibility index (Phi) is 6.31. The number of hydrogen-bond acceptors (Lipinski definition) is 2. The van der Waals surface area contributed by atoms with Crippen LogP contribution in [0.5, 0.6) is 0 Å². The number of para-hydroxylation sites is 4. The summed E-state index contributed by atoms with van der Waals surface area (Å²) in [5.74, 6) is 0. The van der Waals surface area contributed by atoms with Gasteiger partial charge in [-0.2, -0.15) is 0 Å². The highest BCUT2D eigenvalue weighted by Gasteiger charge is 2.26. The standard InChI is InChI=1S/C47H30BN3O/c1-3-14-31(15-4-1)48(32-16-5-2-6-17-32)33-27-28-41-38(30-33)36-20-11-24-42(50-39-22-9-7-18-34(39)35-19-8-10-23-40(35)50)46(36)51(41)43-25-12-21-37-45-44(52-47(37)43)26-13-29-49-45/h1-30H. The Morgan fingerprint density at radius 3 is 1.73 bits per heavy atom. The van der Waals surface area contributed by atoms with E-state index in [1.54, 1.807) is 0 Å². The largest absolute Gasteiger partial charge is 0.452 e. The van der Waals surface area contributed by atoms with Crippen molar-refractivity contribution in [1.29, 1.82) is 0 Å². The van der Waals surface area contributed by atoms with Crippen molar-refractivity contribution in [3.8, 4) is 11.4 Å². The van der Waals surface area contributed by atoms with Crippen LogP contribution < -0.4 is 16.4 Å². The van der Waals surface area contributed by atoms with Crippen LogP contribution in [-0.2, 0) is 0 Å². The Labute approximate surface area is 299 Å². The Bertz CT molecular complexity index is 3050. The predicted octanol–water partition coefficient (Wildman–Crippen LogP) is 9.69. The van der Waals surface area contributed by atoms with Crippen molar-refractivity contribution in [3.63, 3.8) is 0 Å². The zero-order valence-corrected chi connectivity index (χ0v) is 28.1. The molecular formula is C47H30BN3O. The second-order valence-corrected chi connectivity index (χ2v) is 13.5. The van der Waals surface area contributed by atoms with E-state index in [4.69, 9.17) is 9.40 Å². The summed E-state index contributed by atoms with van der Waals surface area (Å²) < 4.78 is 11.5. The van der Waals surface area contributed by atoms with Crippen LogP contribution in [0, 0.1) is 0 Å². The van der Waals surface area contributed by atoms with Gasteiger partial charge in [-0.15, -0.1) is 0 Å². The average molecular weight is 664 g/mol. The summed E-state index contributed by atoms with van der Waals surface area (Å²) in [7, 11) is 0. The first kappa shape index (κ1) is 28.9. The van der Waals surface area contributed by atoms with Gasteiger partial charge in [0.05, 0.1) is 33.4 Å². The van der Waals surface area contributed by atoms with Crippen LogP contribution in [0.2, 0.25) is 0 Å². The number of pyridine rings is 1. The molecule has 0 saturated carbocycles. The Morgan fingerprint density at radius 1 is 0.423 bits per heavy atom. The predicted molar refractivity (Wildman–Crippen MR) is 218 cm³/mol. The van der Waals surface area contributed by atoms with Gasteiger partial charge in [0.15, 0.2) is 11.2 Å². The van der Waals surface area contributed by atoms with E-state index in [9.17, 15) is 0 Å². The lowest BCUT2D eigenvalue weighted by molar-refractivity contribution is 0.665. The summed E-state index contributed by atoms with van der Waals surface area (Å²) in [6.45, 7) is 0.0793. The van der Waals surface area contributed by atoms with E-state index in [1.165, 1.54) is 49.0 Å². The van der Waals surface area contributed by atoms with Crippen LogP contribution in [0.15, 0.2) is 187 Å². The van der Waals surface area contributed by atoms with E-state index < -0.39 is 0 Å². The molecule has 11 rings (SSSR count). The van der Waals surface area contributed by atoms with Gasteiger partial charge in [-0.25, -0.2) is 0 Å². The molecule has 5 heteroatoms. The first-order valence-corrected chi connectivity index (χ1v) is 17.8. The molecule has 52 heavy (non-hydrogen) atoms.